The summed E-state index contributed by atoms with van der Waals surface area (Å²) in [5, 5.41) is 0. The van der Waals surface area contributed by atoms with Gasteiger partial charge in [0.2, 0.25) is 0 Å². The molecule has 0 rings (SSSR count). The molecule has 74 valence electrons. The Kier molecular flexibility index (Phi) is 7.34. The van der Waals surface area contributed by atoms with Gasteiger partial charge in [-0.3, -0.25) is 4.39 Å². The highest BCUT2D eigenvalue weighted by atomic mass is 19.1. The minimum atomic E-state index is -0.260. The van der Waals surface area contributed by atoms with Crippen molar-refractivity contribution < 1.29 is 9.13 Å². The summed E-state index contributed by atoms with van der Waals surface area (Å²) in [6, 6.07) is 0.0274. The number of methoxy groups -OCH3 is 1. The summed E-state index contributed by atoms with van der Waals surface area (Å²) in [5.41, 5.74) is 5.70. The van der Waals surface area contributed by atoms with Crippen molar-refractivity contribution in [1.82, 2.24) is 4.90 Å². The molecule has 0 saturated heterocycles. The molecule has 1 atom stereocenters. The number of halogens is 1. The lowest BCUT2D eigenvalue weighted by Crippen LogP contribution is -2.38. The predicted molar refractivity (Wildman–Crippen MR) is 47.9 cm³/mol. The molecule has 4 heteroatoms. The first-order chi connectivity index (χ1) is 5.70. The molecule has 0 spiro atoms. The Morgan fingerprint density at radius 3 is 2.75 bits per heavy atom. The van der Waals surface area contributed by atoms with Crippen LogP contribution in [0.25, 0.3) is 0 Å². The van der Waals surface area contributed by atoms with Gasteiger partial charge in [0.1, 0.15) is 0 Å². The highest BCUT2D eigenvalue weighted by molar-refractivity contribution is 4.64. The number of alkyl halides is 1. The molecule has 0 aliphatic carbocycles. The second kappa shape index (κ2) is 7.46. The topological polar surface area (TPSA) is 38.5 Å². The monoisotopic (exact) mass is 178 g/mol. The van der Waals surface area contributed by atoms with Crippen LogP contribution in [-0.2, 0) is 4.74 Å². The molecule has 0 aliphatic rings. The number of hydrogen-bond acceptors (Lipinski definition) is 3. The molecule has 0 saturated carbocycles. The molecule has 0 radical (unpaired) electrons. The van der Waals surface area contributed by atoms with E-state index in [-0.39, 0.29) is 12.7 Å². The fourth-order valence-corrected chi connectivity index (χ4v) is 1.09. The smallest absolute Gasteiger partial charge is 0.0906 e. The number of nitrogens with two attached hydrogens (primary N) is 1. The average molecular weight is 178 g/mol. The lowest BCUT2D eigenvalue weighted by atomic mass is 10.3. The van der Waals surface area contributed by atoms with Crippen molar-refractivity contribution in [2.45, 2.75) is 12.5 Å². The van der Waals surface area contributed by atoms with Crippen molar-refractivity contribution in [2.24, 2.45) is 5.73 Å². The zero-order valence-electron chi connectivity index (χ0n) is 7.92. The van der Waals surface area contributed by atoms with Gasteiger partial charge in [0.25, 0.3) is 0 Å². The zero-order chi connectivity index (χ0) is 9.40. The van der Waals surface area contributed by atoms with Crippen LogP contribution in [0.3, 0.4) is 0 Å². The number of likely N-dealkylation sites (N-methyl/N-ethyl adjacent to an activating group) is 1. The molecule has 1 unspecified atom stereocenters. The van der Waals surface area contributed by atoms with Crippen LogP contribution in [0.4, 0.5) is 4.39 Å². The van der Waals surface area contributed by atoms with Crippen LogP contribution in [0, 0.1) is 0 Å². The molecule has 0 aromatic carbocycles. The molecule has 0 heterocycles. The van der Waals surface area contributed by atoms with E-state index in [1.54, 1.807) is 7.11 Å². The Bertz CT molecular complexity index is 103. The first-order valence-corrected chi connectivity index (χ1v) is 4.19. The molecular formula is C8H19FN2O. The maximum atomic E-state index is 11.8. The van der Waals surface area contributed by atoms with Gasteiger partial charge in [-0.2, -0.15) is 0 Å². The lowest BCUT2D eigenvalue weighted by molar-refractivity contribution is 0.160. The minimum absolute atomic E-state index is 0.0274. The van der Waals surface area contributed by atoms with Crippen LogP contribution in [0.5, 0.6) is 0 Å². The predicted octanol–water partition coefficient (Wildman–Crippen LogP) is 0.252. The largest absolute Gasteiger partial charge is 0.383 e. The summed E-state index contributed by atoms with van der Waals surface area (Å²) in [5.74, 6) is 0. The van der Waals surface area contributed by atoms with Crippen molar-refractivity contribution in [3.63, 3.8) is 0 Å². The van der Waals surface area contributed by atoms with Crippen molar-refractivity contribution in [3.05, 3.63) is 0 Å². The normalized spacial score (nSPS) is 13.8. The molecule has 0 aromatic rings. The van der Waals surface area contributed by atoms with E-state index < -0.39 is 0 Å². The molecule has 0 aliphatic heterocycles. The fourth-order valence-electron chi connectivity index (χ4n) is 1.09. The minimum Gasteiger partial charge on any atom is -0.383 e. The highest BCUT2D eigenvalue weighted by Gasteiger charge is 2.05. The van der Waals surface area contributed by atoms with Crippen molar-refractivity contribution >= 4 is 0 Å². The van der Waals surface area contributed by atoms with Crippen LogP contribution in [0.15, 0.2) is 0 Å². The Morgan fingerprint density at radius 2 is 2.25 bits per heavy atom. The van der Waals surface area contributed by atoms with E-state index in [0.29, 0.717) is 13.0 Å². The van der Waals surface area contributed by atoms with Gasteiger partial charge >= 0.3 is 0 Å². The third kappa shape index (κ3) is 6.52. The van der Waals surface area contributed by atoms with Crippen LogP contribution >= 0.6 is 0 Å². The molecular weight excluding hydrogens is 159 g/mol. The van der Waals surface area contributed by atoms with Gasteiger partial charge in [0.15, 0.2) is 0 Å². The van der Waals surface area contributed by atoms with Gasteiger partial charge in [-0.05, 0) is 13.5 Å². The van der Waals surface area contributed by atoms with Gasteiger partial charge in [0.05, 0.1) is 13.3 Å². The van der Waals surface area contributed by atoms with Crippen molar-refractivity contribution in [1.29, 1.82) is 0 Å². The Hall–Kier alpha value is -0.190. The molecule has 0 amide bonds. The molecule has 0 aromatic heterocycles. The van der Waals surface area contributed by atoms with Crippen LogP contribution in [0.2, 0.25) is 0 Å². The number of hydrogen-bond donors (Lipinski definition) is 1. The number of ether oxygens (including phenoxy) is 1. The van der Waals surface area contributed by atoms with Gasteiger partial charge in [-0.25, -0.2) is 0 Å². The maximum absolute atomic E-state index is 11.8. The third-order valence-corrected chi connectivity index (χ3v) is 1.60. The molecule has 0 bridgehead atoms. The molecule has 0 fully saturated rings. The second-order valence-electron chi connectivity index (χ2n) is 3.02. The van der Waals surface area contributed by atoms with Gasteiger partial charge in [-0.15, -0.1) is 0 Å². The van der Waals surface area contributed by atoms with E-state index >= 15 is 0 Å². The van der Waals surface area contributed by atoms with E-state index in [4.69, 9.17) is 10.5 Å². The molecule has 12 heavy (non-hydrogen) atoms. The first kappa shape index (κ1) is 11.8. The summed E-state index contributed by atoms with van der Waals surface area (Å²) in [7, 11) is 3.56. The lowest BCUT2D eigenvalue weighted by Gasteiger charge is -2.19. The summed E-state index contributed by atoms with van der Waals surface area (Å²) >= 11 is 0. The van der Waals surface area contributed by atoms with E-state index in [1.165, 1.54) is 0 Å². The third-order valence-electron chi connectivity index (χ3n) is 1.60. The van der Waals surface area contributed by atoms with Gasteiger partial charge < -0.3 is 15.4 Å². The van der Waals surface area contributed by atoms with Crippen LogP contribution in [0.1, 0.15) is 6.42 Å². The van der Waals surface area contributed by atoms with Crippen LogP contribution in [-0.4, -0.2) is 51.5 Å². The summed E-state index contributed by atoms with van der Waals surface area (Å²) in [6.45, 7) is 1.81. The van der Waals surface area contributed by atoms with E-state index in [0.717, 1.165) is 13.1 Å². The van der Waals surface area contributed by atoms with Crippen molar-refractivity contribution in [2.75, 3.05) is 40.5 Å². The summed E-state index contributed by atoms with van der Waals surface area (Å²) < 4.78 is 16.6. The Labute approximate surface area is 73.7 Å². The average Bonchev–Trinajstić information content (AvgIpc) is 2.01. The second-order valence-corrected chi connectivity index (χ2v) is 3.02. The fraction of sp³-hybridized carbons (Fsp3) is 1.00. The van der Waals surface area contributed by atoms with Gasteiger partial charge in [-0.1, -0.05) is 0 Å². The standard InChI is InChI=1S/C8H19FN2O/c1-11(5-3-4-9)6-8(10)7-12-2/h8H,3-7,10H2,1-2H3. The summed E-state index contributed by atoms with van der Waals surface area (Å²) in [6.07, 6.45) is 0.580. The summed E-state index contributed by atoms with van der Waals surface area (Å²) in [4.78, 5) is 2.02. The first-order valence-electron chi connectivity index (χ1n) is 4.19. The van der Waals surface area contributed by atoms with E-state index in [9.17, 15) is 4.39 Å². The number of rotatable bonds is 7. The van der Waals surface area contributed by atoms with Crippen LogP contribution < -0.4 is 5.73 Å². The van der Waals surface area contributed by atoms with E-state index in [2.05, 4.69) is 0 Å². The molecule has 2 N–H and O–H groups in total. The van der Waals surface area contributed by atoms with Crippen molar-refractivity contribution in [3.8, 4) is 0 Å². The number of nitrogens with zero attached hydrogens (tertiary/aromatic N) is 1. The SMILES string of the molecule is COCC(N)CN(C)CCCF. The molecule has 3 nitrogen and oxygen atoms in total. The van der Waals surface area contributed by atoms with E-state index in [1.807, 2.05) is 11.9 Å². The quantitative estimate of drug-likeness (QED) is 0.607. The Morgan fingerprint density at radius 1 is 1.58 bits per heavy atom. The maximum Gasteiger partial charge on any atom is 0.0906 e. The highest BCUT2D eigenvalue weighted by Crippen LogP contribution is 1.90. The zero-order valence-corrected chi connectivity index (χ0v) is 7.92. The van der Waals surface area contributed by atoms with Gasteiger partial charge in [0, 0.05) is 26.2 Å². The Balaban J connectivity index is 3.33.